The SMILES string of the molecule is Cc1cc(C)n(-c2ncnc(N)c2[N+](=O)[O-])n1. The molecule has 0 radical (unpaired) electrons. The van der Waals surface area contributed by atoms with E-state index in [0.717, 1.165) is 11.4 Å². The van der Waals surface area contributed by atoms with Gasteiger partial charge in [0.05, 0.1) is 10.6 Å². The van der Waals surface area contributed by atoms with Crippen LogP contribution in [0.15, 0.2) is 12.4 Å². The third kappa shape index (κ3) is 1.80. The van der Waals surface area contributed by atoms with Crippen LogP contribution in [0.25, 0.3) is 5.82 Å². The lowest BCUT2D eigenvalue weighted by atomic mass is 10.4. The molecule has 0 aliphatic rings. The molecule has 0 unspecified atom stereocenters. The molecule has 0 atom stereocenters. The van der Waals surface area contributed by atoms with E-state index < -0.39 is 4.92 Å². The van der Waals surface area contributed by atoms with Gasteiger partial charge in [-0.1, -0.05) is 0 Å². The van der Waals surface area contributed by atoms with Crippen LogP contribution in [-0.2, 0) is 0 Å². The van der Waals surface area contributed by atoms with Crippen LogP contribution in [0.3, 0.4) is 0 Å². The average molecular weight is 234 g/mol. The second kappa shape index (κ2) is 3.81. The van der Waals surface area contributed by atoms with Crippen LogP contribution >= 0.6 is 0 Å². The topological polar surface area (TPSA) is 113 Å². The second-order valence-electron chi connectivity index (χ2n) is 3.53. The Morgan fingerprint density at radius 3 is 2.65 bits per heavy atom. The van der Waals surface area contributed by atoms with Gasteiger partial charge in [0, 0.05) is 5.69 Å². The molecule has 2 rings (SSSR count). The predicted octanol–water partition coefficient (Wildman–Crippen LogP) is 0.770. The number of nitrogens with two attached hydrogens (primary N) is 1. The van der Waals surface area contributed by atoms with Crippen molar-refractivity contribution in [2.75, 3.05) is 5.73 Å². The third-order valence-corrected chi connectivity index (χ3v) is 2.22. The summed E-state index contributed by atoms with van der Waals surface area (Å²) in [4.78, 5) is 17.8. The van der Waals surface area contributed by atoms with Crippen LogP contribution in [0.1, 0.15) is 11.4 Å². The Morgan fingerprint density at radius 2 is 2.12 bits per heavy atom. The first-order valence-corrected chi connectivity index (χ1v) is 4.79. The summed E-state index contributed by atoms with van der Waals surface area (Å²) in [5.41, 5.74) is 6.63. The fourth-order valence-corrected chi connectivity index (χ4v) is 1.56. The second-order valence-corrected chi connectivity index (χ2v) is 3.53. The van der Waals surface area contributed by atoms with Crippen LogP contribution < -0.4 is 5.73 Å². The Hall–Kier alpha value is -2.51. The minimum absolute atomic E-state index is 0.0769. The van der Waals surface area contributed by atoms with Gasteiger partial charge in [0.25, 0.3) is 0 Å². The average Bonchev–Trinajstić information content (AvgIpc) is 2.56. The molecular weight excluding hydrogens is 224 g/mol. The molecule has 2 aromatic rings. The van der Waals surface area contributed by atoms with Crippen molar-refractivity contribution in [3.8, 4) is 5.82 Å². The van der Waals surface area contributed by atoms with Crippen LogP contribution in [0, 0.1) is 24.0 Å². The zero-order valence-corrected chi connectivity index (χ0v) is 9.28. The van der Waals surface area contributed by atoms with Crippen molar-refractivity contribution >= 4 is 11.5 Å². The Kier molecular flexibility index (Phi) is 2.47. The van der Waals surface area contributed by atoms with E-state index in [2.05, 4.69) is 15.1 Å². The minimum atomic E-state index is -0.610. The lowest BCUT2D eigenvalue weighted by molar-refractivity contribution is -0.384. The fourth-order valence-electron chi connectivity index (χ4n) is 1.56. The molecule has 2 N–H and O–H groups in total. The zero-order chi connectivity index (χ0) is 12.6. The summed E-state index contributed by atoms with van der Waals surface area (Å²) in [6.07, 6.45) is 1.17. The maximum absolute atomic E-state index is 10.9. The minimum Gasteiger partial charge on any atom is -0.378 e. The number of hydrogen-bond donors (Lipinski definition) is 1. The van der Waals surface area contributed by atoms with E-state index in [4.69, 9.17) is 5.73 Å². The standard InChI is InChI=1S/C9H10N6O2/c1-5-3-6(2)14(13-5)9-7(15(16)17)8(10)11-4-12-9/h3-4H,1-2H3,(H2,10,11,12). The first-order valence-electron chi connectivity index (χ1n) is 4.79. The van der Waals surface area contributed by atoms with E-state index in [0.29, 0.717) is 0 Å². The van der Waals surface area contributed by atoms with Crippen molar-refractivity contribution in [1.29, 1.82) is 0 Å². The summed E-state index contributed by atoms with van der Waals surface area (Å²) >= 11 is 0. The van der Waals surface area contributed by atoms with E-state index in [1.54, 1.807) is 19.9 Å². The van der Waals surface area contributed by atoms with Crippen molar-refractivity contribution in [2.24, 2.45) is 0 Å². The van der Waals surface area contributed by atoms with Crippen molar-refractivity contribution in [1.82, 2.24) is 19.7 Å². The van der Waals surface area contributed by atoms with Gasteiger partial charge in [-0.3, -0.25) is 10.1 Å². The van der Waals surface area contributed by atoms with E-state index in [1.165, 1.54) is 11.0 Å². The molecule has 0 aliphatic heterocycles. The first kappa shape index (κ1) is 11.0. The summed E-state index contributed by atoms with van der Waals surface area (Å²) in [6, 6.07) is 1.79. The van der Waals surface area contributed by atoms with Crippen molar-refractivity contribution in [3.05, 3.63) is 33.9 Å². The zero-order valence-electron chi connectivity index (χ0n) is 9.28. The maximum atomic E-state index is 10.9. The third-order valence-electron chi connectivity index (χ3n) is 2.22. The molecule has 0 aliphatic carbocycles. The van der Waals surface area contributed by atoms with Gasteiger partial charge in [0.2, 0.25) is 11.6 Å². The molecule has 0 saturated heterocycles. The molecule has 88 valence electrons. The van der Waals surface area contributed by atoms with Crippen LogP contribution in [0.5, 0.6) is 0 Å². The number of nitro groups is 1. The Morgan fingerprint density at radius 1 is 1.41 bits per heavy atom. The normalized spacial score (nSPS) is 10.5. The number of nitrogens with zero attached hydrogens (tertiary/aromatic N) is 5. The summed E-state index contributed by atoms with van der Waals surface area (Å²) in [5, 5.41) is 15.1. The van der Waals surface area contributed by atoms with E-state index >= 15 is 0 Å². The van der Waals surface area contributed by atoms with Gasteiger partial charge in [-0.05, 0) is 19.9 Å². The first-order chi connectivity index (χ1) is 8.00. The number of nitrogen functional groups attached to an aromatic ring is 1. The largest absolute Gasteiger partial charge is 0.378 e. The Labute approximate surface area is 96.3 Å². The predicted molar refractivity (Wildman–Crippen MR) is 59.7 cm³/mol. The summed E-state index contributed by atoms with van der Waals surface area (Å²) in [6.45, 7) is 3.57. The molecule has 0 amide bonds. The molecule has 17 heavy (non-hydrogen) atoms. The molecule has 2 heterocycles. The van der Waals surface area contributed by atoms with E-state index in [9.17, 15) is 10.1 Å². The van der Waals surface area contributed by atoms with Crippen LogP contribution in [0.2, 0.25) is 0 Å². The quantitative estimate of drug-likeness (QED) is 0.606. The van der Waals surface area contributed by atoms with E-state index in [-0.39, 0.29) is 17.3 Å². The molecule has 8 heteroatoms. The number of hydrogen-bond acceptors (Lipinski definition) is 6. The molecule has 0 bridgehead atoms. The lowest BCUT2D eigenvalue weighted by Gasteiger charge is -2.04. The molecular formula is C9H10N6O2. The molecule has 0 fully saturated rings. The summed E-state index contributed by atoms with van der Waals surface area (Å²) in [7, 11) is 0. The van der Waals surface area contributed by atoms with Gasteiger partial charge in [-0.2, -0.15) is 5.10 Å². The fraction of sp³-hybridized carbons (Fsp3) is 0.222. The van der Waals surface area contributed by atoms with Crippen molar-refractivity contribution in [2.45, 2.75) is 13.8 Å². The number of rotatable bonds is 2. The Bertz CT molecular complexity index is 591. The van der Waals surface area contributed by atoms with Gasteiger partial charge in [0.1, 0.15) is 6.33 Å². The van der Waals surface area contributed by atoms with Gasteiger partial charge in [0.15, 0.2) is 0 Å². The molecule has 8 nitrogen and oxygen atoms in total. The number of aromatic nitrogens is 4. The number of aryl methyl sites for hydroxylation is 2. The summed E-state index contributed by atoms with van der Waals surface area (Å²) < 4.78 is 1.38. The maximum Gasteiger partial charge on any atom is 0.355 e. The van der Waals surface area contributed by atoms with Crippen LogP contribution in [0.4, 0.5) is 11.5 Å². The van der Waals surface area contributed by atoms with Crippen molar-refractivity contribution in [3.63, 3.8) is 0 Å². The highest BCUT2D eigenvalue weighted by Gasteiger charge is 2.23. The molecule has 0 spiro atoms. The highest BCUT2D eigenvalue weighted by atomic mass is 16.6. The monoisotopic (exact) mass is 234 g/mol. The van der Waals surface area contributed by atoms with Crippen molar-refractivity contribution < 1.29 is 4.92 Å². The highest BCUT2D eigenvalue weighted by molar-refractivity contribution is 5.61. The van der Waals surface area contributed by atoms with Crippen LogP contribution in [-0.4, -0.2) is 24.7 Å². The van der Waals surface area contributed by atoms with E-state index in [1.807, 2.05) is 0 Å². The Balaban J connectivity index is 2.71. The van der Waals surface area contributed by atoms with Gasteiger partial charge in [-0.25, -0.2) is 14.6 Å². The van der Waals surface area contributed by atoms with Gasteiger partial charge >= 0.3 is 5.69 Å². The molecule has 0 aromatic carbocycles. The number of anilines is 1. The lowest BCUT2D eigenvalue weighted by Crippen LogP contribution is -2.09. The summed E-state index contributed by atoms with van der Waals surface area (Å²) in [5.74, 6) is -0.0966. The smallest absolute Gasteiger partial charge is 0.355 e. The highest BCUT2D eigenvalue weighted by Crippen LogP contribution is 2.25. The molecule has 2 aromatic heterocycles. The van der Waals surface area contributed by atoms with Gasteiger partial charge in [-0.15, -0.1) is 0 Å². The van der Waals surface area contributed by atoms with Gasteiger partial charge < -0.3 is 5.73 Å². The molecule has 0 saturated carbocycles.